The standard InChI is InChI=1S/C12H23NO/c1-10(14)9-13(3)11(2)12-7-5-4-6-8-12/h11-12H,4-9H2,1-3H3. The van der Waals surface area contributed by atoms with Crippen LogP contribution in [0.4, 0.5) is 0 Å². The monoisotopic (exact) mass is 197 g/mol. The van der Waals surface area contributed by atoms with Crippen molar-refractivity contribution in [2.24, 2.45) is 5.92 Å². The molecule has 14 heavy (non-hydrogen) atoms. The molecule has 82 valence electrons. The van der Waals surface area contributed by atoms with Crippen LogP contribution in [0.1, 0.15) is 46.0 Å². The van der Waals surface area contributed by atoms with Crippen molar-refractivity contribution in [1.82, 2.24) is 4.90 Å². The number of hydrogen-bond acceptors (Lipinski definition) is 2. The number of hydrogen-bond donors (Lipinski definition) is 0. The van der Waals surface area contributed by atoms with Gasteiger partial charge in [-0.2, -0.15) is 0 Å². The molecule has 0 aromatic heterocycles. The van der Waals surface area contributed by atoms with Crippen LogP contribution in [0.3, 0.4) is 0 Å². The average molecular weight is 197 g/mol. The smallest absolute Gasteiger partial charge is 0.143 e. The van der Waals surface area contributed by atoms with E-state index < -0.39 is 0 Å². The highest BCUT2D eigenvalue weighted by molar-refractivity contribution is 5.77. The first-order chi connectivity index (χ1) is 6.61. The van der Waals surface area contributed by atoms with Crippen LogP contribution in [-0.4, -0.2) is 30.3 Å². The van der Waals surface area contributed by atoms with E-state index in [9.17, 15) is 4.79 Å². The zero-order chi connectivity index (χ0) is 10.6. The minimum absolute atomic E-state index is 0.273. The van der Waals surface area contributed by atoms with Gasteiger partial charge in [0.2, 0.25) is 0 Å². The van der Waals surface area contributed by atoms with E-state index in [0.717, 1.165) is 5.92 Å². The van der Waals surface area contributed by atoms with E-state index in [0.29, 0.717) is 12.6 Å². The Hall–Kier alpha value is -0.370. The summed E-state index contributed by atoms with van der Waals surface area (Å²) in [5.74, 6) is 1.09. The zero-order valence-electron chi connectivity index (χ0n) is 9.75. The predicted octanol–water partition coefficient (Wildman–Crippen LogP) is 2.48. The maximum Gasteiger partial charge on any atom is 0.143 e. The number of carbonyl (C=O) groups excluding carboxylic acids is 1. The predicted molar refractivity (Wildman–Crippen MR) is 59.3 cm³/mol. The van der Waals surface area contributed by atoms with Crippen molar-refractivity contribution in [2.45, 2.75) is 52.0 Å². The molecule has 0 aromatic carbocycles. The first kappa shape index (κ1) is 11.7. The molecule has 0 saturated heterocycles. The molecule has 0 amide bonds. The second kappa shape index (κ2) is 5.50. The fourth-order valence-corrected chi connectivity index (χ4v) is 2.47. The Labute approximate surface area is 87.7 Å². The van der Waals surface area contributed by atoms with Crippen molar-refractivity contribution < 1.29 is 4.79 Å². The fraction of sp³-hybridized carbons (Fsp3) is 0.917. The van der Waals surface area contributed by atoms with Gasteiger partial charge in [-0.25, -0.2) is 0 Å². The Morgan fingerprint density at radius 1 is 1.36 bits per heavy atom. The highest BCUT2D eigenvalue weighted by Gasteiger charge is 2.23. The van der Waals surface area contributed by atoms with Crippen LogP contribution in [0.25, 0.3) is 0 Å². The summed E-state index contributed by atoms with van der Waals surface area (Å²) in [6, 6.07) is 0.569. The summed E-state index contributed by atoms with van der Waals surface area (Å²) in [4.78, 5) is 13.2. The molecule has 1 atom stereocenters. The quantitative estimate of drug-likeness (QED) is 0.690. The van der Waals surface area contributed by atoms with Crippen LogP contribution in [-0.2, 0) is 4.79 Å². The van der Waals surface area contributed by atoms with Gasteiger partial charge in [0, 0.05) is 6.04 Å². The highest BCUT2D eigenvalue weighted by Crippen LogP contribution is 2.28. The maximum atomic E-state index is 11.0. The van der Waals surface area contributed by atoms with E-state index in [-0.39, 0.29) is 5.78 Å². The van der Waals surface area contributed by atoms with E-state index in [1.54, 1.807) is 6.92 Å². The van der Waals surface area contributed by atoms with E-state index >= 15 is 0 Å². The third-order valence-electron chi connectivity index (χ3n) is 3.50. The van der Waals surface area contributed by atoms with Crippen LogP contribution in [0.15, 0.2) is 0 Å². The average Bonchev–Trinajstić information content (AvgIpc) is 2.17. The van der Waals surface area contributed by atoms with E-state index in [1.807, 2.05) is 0 Å². The molecule has 1 saturated carbocycles. The van der Waals surface area contributed by atoms with Crippen LogP contribution in [0, 0.1) is 5.92 Å². The highest BCUT2D eigenvalue weighted by atomic mass is 16.1. The van der Waals surface area contributed by atoms with E-state index in [1.165, 1.54) is 32.1 Å². The Morgan fingerprint density at radius 2 is 1.93 bits per heavy atom. The van der Waals surface area contributed by atoms with Crippen LogP contribution >= 0.6 is 0 Å². The van der Waals surface area contributed by atoms with Gasteiger partial charge in [-0.3, -0.25) is 9.69 Å². The Balaban J connectivity index is 2.37. The minimum Gasteiger partial charge on any atom is -0.299 e. The van der Waals surface area contributed by atoms with Crippen molar-refractivity contribution in [3.63, 3.8) is 0 Å². The van der Waals surface area contributed by atoms with Gasteiger partial charge in [0.05, 0.1) is 6.54 Å². The molecule has 1 aliphatic rings. The van der Waals surface area contributed by atoms with Crippen molar-refractivity contribution in [1.29, 1.82) is 0 Å². The molecular weight excluding hydrogens is 174 g/mol. The lowest BCUT2D eigenvalue weighted by Crippen LogP contribution is -2.39. The van der Waals surface area contributed by atoms with Gasteiger partial charge in [0.1, 0.15) is 5.78 Å². The van der Waals surface area contributed by atoms with Gasteiger partial charge in [0.25, 0.3) is 0 Å². The molecule has 0 radical (unpaired) electrons. The normalized spacial score (nSPS) is 21.1. The summed E-state index contributed by atoms with van der Waals surface area (Å²) in [6.07, 6.45) is 6.86. The summed E-state index contributed by atoms with van der Waals surface area (Å²) in [5, 5.41) is 0. The molecule has 0 spiro atoms. The van der Waals surface area contributed by atoms with Crippen LogP contribution < -0.4 is 0 Å². The Bertz CT molecular complexity index is 185. The number of ketones is 1. The Morgan fingerprint density at radius 3 is 2.43 bits per heavy atom. The molecule has 1 fully saturated rings. The molecule has 0 aliphatic heterocycles. The first-order valence-corrected chi connectivity index (χ1v) is 5.81. The third kappa shape index (κ3) is 3.41. The lowest BCUT2D eigenvalue weighted by atomic mass is 9.84. The van der Waals surface area contributed by atoms with Crippen LogP contribution in [0.5, 0.6) is 0 Å². The second-order valence-electron chi connectivity index (χ2n) is 4.76. The molecule has 0 bridgehead atoms. The number of nitrogens with zero attached hydrogens (tertiary/aromatic N) is 1. The van der Waals surface area contributed by atoms with Crippen LogP contribution in [0.2, 0.25) is 0 Å². The fourth-order valence-electron chi connectivity index (χ4n) is 2.47. The molecule has 1 rings (SSSR count). The molecule has 1 aliphatic carbocycles. The summed E-state index contributed by atoms with van der Waals surface area (Å²) in [6.45, 7) is 4.54. The van der Waals surface area contributed by atoms with Crippen molar-refractivity contribution in [2.75, 3.05) is 13.6 Å². The van der Waals surface area contributed by atoms with Gasteiger partial charge >= 0.3 is 0 Å². The zero-order valence-corrected chi connectivity index (χ0v) is 9.75. The lowest BCUT2D eigenvalue weighted by molar-refractivity contribution is -0.118. The molecule has 2 heteroatoms. The minimum atomic E-state index is 0.273. The number of carbonyl (C=O) groups is 1. The second-order valence-corrected chi connectivity index (χ2v) is 4.76. The Kier molecular flexibility index (Phi) is 4.59. The van der Waals surface area contributed by atoms with Gasteiger partial charge in [0.15, 0.2) is 0 Å². The summed E-state index contributed by atoms with van der Waals surface area (Å²) in [7, 11) is 2.07. The molecule has 0 heterocycles. The SMILES string of the molecule is CC(=O)CN(C)C(C)C1CCCCC1. The van der Waals surface area contributed by atoms with Crippen molar-refractivity contribution >= 4 is 5.78 Å². The molecule has 0 N–H and O–H groups in total. The van der Waals surface area contributed by atoms with Gasteiger partial charge in [-0.1, -0.05) is 19.3 Å². The topological polar surface area (TPSA) is 20.3 Å². The largest absolute Gasteiger partial charge is 0.299 e. The molecule has 2 nitrogen and oxygen atoms in total. The molecule has 0 aromatic rings. The number of rotatable bonds is 4. The molecular formula is C12H23NO. The van der Waals surface area contributed by atoms with Crippen molar-refractivity contribution in [3.05, 3.63) is 0 Å². The molecule has 1 unspecified atom stereocenters. The summed E-state index contributed by atoms with van der Waals surface area (Å²) >= 11 is 0. The summed E-state index contributed by atoms with van der Waals surface area (Å²) in [5.41, 5.74) is 0. The number of Topliss-reactive ketones (excluding diaryl/α,β-unsaturated/α-hetero) is 1. The third-order valence-corrected chi connectivity index (χ3v) is 3.50. The van der Waals surface area contributed by atoms with E-state index in [4.69, 9.17) is 0 Å². The van der Waals surface area contributed by atoms with E-state index in [2.05, 4.69) is 18.9 Å². The van der Waals surface area contributed by atoms with Gasteiger partial charge in [-0.15, -0.1) is 0 Å². The van der Waals surface area contributed by atoms with Gasteiger partial charge in [-0.05, 0) is 39.7 Å². The van der Waals surface area contributed by atoms with Gasteiger partial charge < -0.3 is 0 Å². The lowest BCUT2D eigenvalue weighted by Gasteiger charge is -2.33. The summed E-state index contributed by atoms with van der Waals surface area (Å²) < 4.78 is 0. The van der Waals surface area contributed by atoms with Crippen molar-refractivity contribution in [3.8, 4) is 0 Å². The maximum absolute atomic E-state index is 11.0. The first-order valence-electron chi connectivity index (χ1n) is 5.81. The number of likely N-dealkylation sites (N-methyl/N-ethyl adjacent to an activating group) is 1.